The lowest BCUT2D eigenvalue weighted by atomic mass is 9.78. The number of benzene rings is 4. The van der Waals surface area contributed by atoms with E-state index in [4.69, 9.17) is 27.9 Å². The van der Waals surface area contributed by atoms with Crippen LogP contribution in [0.4, 0.5) is 26.2 Å². The molecular formula is C33H26Cl2FN3O3. The zero-order valence-electron chi connectivity index (χ0n) is 22.5. The minimum atomic E-state index is -0.782. The van der Waals surface area contributed by atoms with Crippen molar-refractivity contribution in [3.63, 3.8) is 0 Å². The van der Waals surface area contributed by atoms with Gasteiger partial charge in [0.05, 0.1) is 34.6 Å². The van der Waals surface area contributed by atoms with Crippen molar-refractivity contribution < 1.29 is 18.7 Å². The van der Waals surface area contributed by atoms with Gasteiger partial charge >= 0.3 is 6.03 Å². The number of ether oxygens (including phenoxy) is 1. The van der Waals surface area contributed by atoms with E-state index in [2.05, 4.69) is 10.6 Å². The van der Waals surface area contributed by atoms with Crippen molar-refractivity contribution in [2.45, 2.75) is 24.8 Å². The van der Waals surface area contributed by atoms with Gasteiger partial charge in [-0.15, -0.1) is 0 Å². The van der Waals surface area contributed by atoms with Gasteiger partial charge in [-0.2, -0.15) is 0 Å². The number of rotatable bonds is 4. The second kappa shape index (κ2) is 11.5. The molecule has 6 nitrogen and oxygen atoms in total. The molecule has 1 aliphatic carbocycles. The SMILES string of the molecule is COc1cccc([C@@H]2C3=C(C[C@H](c4ccc(F)cc4)CC3=O)Nc3ccccc3N2C(=O)Nc2ccc(Cl)c(Cl)c2)c1. The predicted molar refractivity (Wildman–Crippen MR) is 164 cm³/mol. The largest absolute Gasteiger partial charge is 0.497 e. The van der Waals surface area contributed by atoms with Crippen molar-refractivity contribution in [3.05, 3.63) is 129 Å². The Morgan fingerprint density at radius 2 is 1.71 bits per heavy atom. The molecule has 2 atom stereocenters. The number of carbonyl (C=O) groups is 2. The zero-order chi connectivity index (χ0) is 29.4. The molecular weight excluding hydrogens is 576 g/mol. The number of halogens is 3. The Balaban J connectivity index is 1.51. The van der Waals surface area contributed by atoms with E-state index in [-0.39, 0.29) is 23.9 Å². The van der Waals surface area contributed by atoms with Crippen molar-refractivity contribution in [1.29, 1.82) is 0 Å². The number of urea groups is 1. The fourth-order valence-electron chi connectivity index (χ4n) is 5.67. The maximum absolute atomic E-state index is 14.2. The van der Waals surface area contributed by atoms with Crippen LogP contribution in [0.25, 0.3) is 0 Å². The summed E-state index contributed by atoms with van der Waals surface area (Å²) in [5.74, 6) is 0.00607. The van der Waals surface area contributed by atoms with Crippen molar-refractivity contribution >= 4 is 52.1 Å². The van der Waals surface area contributed by atoms with Gasteiger partial charge in [0.25, 0.3) is 0 Å². The van der Waals surface area contributed by atoms with Crippen LogP contribution in [0.3, 0.4) is 0 Å². The first-order valence-electron chi connectivity index (χ1n) is 13.4. The van der Waals surface area contributed by atoms with Gasteiger partial charge in [0.15, 0.2) is 5.78 Å². The third kappa shape index (κ3) is 5.33. The predicted octanol–water partition coefficient (Wildman–Crippen LogP) is 8.75. The maximum Gasteiger partial charge on any atom is 0.327 e. The third-order valence-corrected chi connectivity index (χ3v) is 8.37. The van der Waals surface area contributed by atoms with Crippen LogP contribution < -0.4 is 20.3 Å². The smallest absolute Gasteiger partial charge is 0.327 e. The highest BCUT2D eigenvalue weighted by Crippen LogP contribution is 2.48. The summed E-state index contributed by atoms with van der Waals surface area (Å²) in [7, 11) is 1.57. The minimum Gasteiger partial charge on any atom is -0.497 e. The summed E-state index contributed by atoms with van der Waals surface area (Å²) in [4.78, 5) is 30.0. The van der Waals surface area contributed by atoms with E-state index in [1.54, 1.807) is 42.3 Å². The number of amides is 2. The number of nitrogens with one attached hydrogen (secondary N) is 2. The normalized spacial score (nSPS) is 18.0. The van der Waals surface area contributed by atoms with Gasteiger partial charge < -0.3 is 15.4 Å². The second-order valence-corrected chi connectivity index (χ2v) is 11.0. The fraction of sp³-hybridized carbons (Fsp3) is 0.152. The summed E-state index contributed by atoms with van der Waals surface area (Å²) in [6, 6.07) is 24.7. The molecule has 4 aromatic carbocycles. The molecule has 0 saturated heterocycles. The number of ketones is 1. The molecule has 2 aliphatic rings. The molecule has 2 amide bonds. The molecule has 212 valence electrons. The second-order valence-electron chi connectivity index (χ2n) is 10.2. The molecule has 0 radical (unpaired) electrons. The topological polar surface area (TPSA) is 70.7 Å². The Hall–Kier alpha value is -4.33. The zero-order valence-corrected chi connectivity index (χ0v) is 24.0. The highest BCUT2D eigenvalue weighted by molar-refractivity contribution is 6.42. The average Bonchev–Trinajstić information content (AvgIpc) is 3.14. The number of methoxy groups -OCH3 is 1. The average molecular weight is 602 g/mol. The molecule has 0 unspecified atom stereocenters. The van der Waals surface area contributed by atoms with Crippen LogP contribution in [0.15, 0.2) is 102 Å². The molecule has 42 heavy (non-hydrogen) atoms. The summed E-state index contributed by atoms with van der Waals surface area (Å²) in [5.41, 5.74) is 4.50. The lowest BCUT2D eigenvalue weighted by molar-refractivity contribution is -0.116. The highest BCUT2D eigenvalue weighted by atomic mass is 35.5. The van der Waals surface area contributed by atoms with Crippen LogP contribution in [0.5, 0.6) is 5.75 Å². The Bertz CT molecular complexity index is 1720. The number of hydrogen-bond acceptors (Lipinski definition) is 4. The third-order valence-electron chi connectivity index (χ3n) is 7.63. The summed E-state index contributed by atoms with van der Waals surface area (Å²) in [5, 5.41) is 7.10. The van der Waals surface area contributed by atoms with E-state index in [0.29, 0.717) is 56.1 Å². The molecule has 4 aromatic rings. The van der Waals surface area contributed by atoms with E-state index in [0.717, 1.165) is 5.56 Å². The Labute approximate surface area is 252 Å². The quantitative estimate of drug-likeness (QED) is 0.245. The number of nitrogens with zero attached hydrogens (tertiary/aromatic N) is 1. The van der Waals surface area contributed by atoms with E-state index < -0.39 is 12.1 Å². The monoisotopic (exact) mass is 601 g/mol. The number of fused-ring (bicyclic) bond motifs is 1. The summed E-state index contributed by atoms with van der Waals surface area (Å²) >= 11 is 12.3. The van der Waals surface area contributed by atoms with Crippen LogP contribution in [0.1, 0.15) is 35.9 Å². The van der Waals surface area contributed by atoms with Crippen molar-refractivity contribution in [1.82, 2.24) is 0 Å². The van der Waals surface area contributed by atoms with Crippen molar-refractivity contribution in [2.24, 2.45) is 0 Å². The minimum absolute atomic E-state index is 0.106. The van der Waals surface area contributed by atoms with Crippen LogP contribution in [0.2, 0.25) is 10.0 Å². The van der Waals surface area contributed by atoms with E-state index >= 15 is 0 Å². The van der Waals surface area contributed by atoms with Crippen LogP contribution in [-0.2, 0) is 4.79 Å². The van der Waals surface area contributed by atoms with Crippen LogP contribution in [-0.4, -0.2) is 18.9 Å². The molecule has 0 aromatic heterocycles. The molecule has 1 heterocycles. The number of carbonyl (C=O) groups excluding carboxylic acids is 2. The van der Waals surface area contributed by atoms with Gasteiger partial charge in [0.1, 0.15) is 11.6 Å². The molecule has 6 rings (SSSR count). The van der Waals surface area contributed by atoms with Crippen LogP contribution >= 0.6 is 23.2 Å². The number of para-hydroxylation sites is 2. The van der Waals surface area contributed by atoms with Gasteiger partial charge in [-0.1, -0.05) is 59.6 Å². The van der Waals surface area contributed by atoms with Gasteiger partial charge in [-0.3, -0.25) is 9.69 Å². The molecule has 0 spiro atoms. The first-order chi connectivity index (χ1) is 20.3. The van der Waals surface area contributed by atoms with Gasteiger partial charge in [0, 0.05) is 23.4 Å². The van der Waals surface area contributed by atoms with Crippen molar-refractivity contribution in [3.8, 4) is 5.75 Å². The summed E-state index contributed by atoms with van der Waals surface area (Å²) in [6.07, 6.45) is 0.717. The molecule has 1 aliphatic heterocycles. The number of allylic oxidation sites excluding steroid dienone is 1. The maximum atomic E-state index is 14.2. The van der Waals surface area contributed by atoms with Gasteiger partial charge in [-0.25, -0.2) is 9.18 Å². The lowest BCUT2D eigenvalue weighted by Gasteiger charge is -2.35. The van der Waals surface area contributed by atoms with Crippen molar-refractivity contribution in [2.75, 3.05) is 22.6 Å². The summed E-state index contributed by atoms with van der Waals surface area (Å²) < 4.78 is 19.2. The first-order valence-corrected chi connectivity index (χ1v) is 14.1. The number of Topliss-reactive ketones (excluding diaryl/α,β-unsaturated/α-hetero) is 1. The van der Waals surface area contributed by atoms with E-state index in [9.17, 15) is 14.0 Å². The highest BCUT2D eigenvalue weighted by Gasteiger charge is 2.42. The standard InChI is InChI=1S/C33H26Cl2FN3O3/c1-42-24-6-4-5-20(15-24)32-31-28(16-21(17-30(31)40)19-9-11-22(36)12-10-19)38-27-7-2-3-8-29(27)39(32)33(41)37-23-13-14-25(34)26(35)18-23/h2-15,18,21,32,38H,16-17H2,1H3,(H,37,41)/t21-,32+/m0/s1. The fourth-order valence-corrected chi connectivity index (χ4v) is 5.97. The molecule has 0 fully saturated rings. The number of hydrogen-bond donors (Lipinski definition) is 2. The van der Waals surface area contributed by atoms with E-state index in [1.165, 1.54) is 12.1 Å². The Kier molecular flexibility index (Phi) is 7.62. The number of anilines is 3. The Morgan fingerprint density at radius 3 is 2.48 bits per heavy atom. The molecule has 0 saturated carbocycles. The first kappa shape index (κ1) is 27.8. The lowest BCUT2D eigenvalue weighted by Crippen LogP contribution is -2.41. The van der Waals surface area contributed by atoms with E-state index in [1.807, 2.05) is 48.5 Å². The van der Waals surface area contributed by atoms with Gasteiger partial charge in [0.2, 0.25) is 0 Å². The Morgan fingerprint density at radius 1 is 0.929 bits per heavy atom. The summed E-state index contributed by atoms with van der Waals surface area (Å²) in [6.45, 7) is 0. The molecule has 2 N–H and O–H groups in total. The molecule has 9 heteroatoms. The van der Waals surface area contributed by atoms with Crippen LogP contribution in [0, 0.1) is 5.82 Å². The molecule has 0 bridgehead atoms. The van der Waals surface area contributed by atoms with Gasteiger partial charge in [-0.05, 0) is 78.1 Å².